The molecule has 1 aliphatic heterocycles. The molecule has 3 N–H and O–H groups in total. The van der Waals surface area contributed by atoms with Gasteiger partial charge in [0.1, 0.15) is 0 Å². The van der Waals surface area contributed by atoms with Gasteiger partial charge in [0.2, 0.25) is 5.91 Å². The number of ether oxygens (including phenoxy) is 1. The Bertz CT molecular complexity index is 227. The Labute approximate surface area is 90.5 Å². The lowest BCUT2D eigenvalue weighted by Gasteiger charge is -2.30. The highest BCUT2D eigenvalue weighted by Gasteiger charge is 2.28. The first-order chi connectivity index (χ1) is 7.27. The third kappa shape index (κ3) is 2.69. The van der Waals surface area contributed by atoms with Crippen LogP contribution in [0.15, 0.2) is 0 Å². The van der Waals surface area contributed by atoms with Crippen molar-refractivity contribution in [2.75, 3.05) is 13.2 Å². The van der Waals surface area contributed by atoms with Crippen LogP contribution in [0, 0.1) is 5.92 Å². The number of rotatable bonds is 2. The summed E-state index contributed by atoms with van der Waals surface area (Å²) in [5, 5.41) is 3.07. The molecular formula is C11H20N2O2. The van der Waals surface area contributed by atoms with Gasteiger partial charge in [-0.25, -0.2) is 0 Å². The zero-order valence-electron chi connectivity index (χ0n) is 9.08. The molecule has 0 radical (unpaired) electrons. The molecule has 15 heavy (non-hydrogen) atoms. The number of carbonyl (C=O) groups excluding carboxylic acids is 1. The van der Waals surface area contributed by atoms with E-state index in [1.165, 1.54) is 12.8 Å². The molecule has 86 valence electrons. The molecule has 1 heterocycles. The van der Waals surface area contributed by atoms with E-state index in [2.05, 4.69) is 5.32 Å². The smallest absolute Gasteiger partial charge is 0.225 e. The first-order valence-corrected chi connectivity index (χ1v) is 5.91. The maximum absolute atomic E-state index is 11.8. The Hall–Kier alpha value is -0.610. The molecule has 2 rings (SSSR count). The standard InChI is InChI=1S/C11H20N2O2/c12-9-3-1-2-4-10(9)13-11(14)8-5-6-15-7-8/h8-10H,1-7,12H2,(H,13,14). The highest BCUT2D eigenvalue weighted by atomic mass is 16.5. The van der Waals surface area contributed by atoms with Gasteiger partial charge < -0.3 is 15.8 Å². The second-order valence-electron chi connectivity index (χ2n) is 4.62. The van der Waals surface area contributed by atoms with Crippen molar-refractivity contribution in [2.45, 2.75) is 44.2 Å². The van der Waals surface area contributed by atoms with Gasteiger partial charge in [-0.3, -0.25) is 4.79 Å². The van der Waals surface area contributed by atoms with Crippen molar-refractivity contribution in [2.24, 2.45) is 11.7 Å². The summed E-state index contributed by atoms with van der Waals surface area (Å²) < 4.78 is 5.20. The van der Waals surface area contributed by atoms with Crippen LogP contribution in [0.2, 0.25) is 0 Å². The molecule has 1 saturated carbocycles. The van der Waals surface area contributed by atoms with Crippen molar-refractivity contribution in [3.8, 4) is 0 Å². The lowest BCUT2D eigenvalue weighted by Crippen LogP contribution is -2.50. The van der Waals surface area contributed by atoms with Gasteiger partial charge in [0.05, 0.1) is 12.5 Å². The van der Waals surface area contributed by atoms with Crippen LogP contribution in [0.5, 0.6) is 0 Å². The summed E-state index contributed by atoms with van der Waals surface area (Å²) >= 11 is 0. The van der Waals surface area contributed by atoms with Crippen molar-refractivity contribution < 1.29 is 9.53 Å². The molecule has 0 aromatic heterocycles. The van der Waals surface area contributed by atoms with Crippen molar-refractivity contribution >= 4 is 5.91 Å². The molecule has 1 saturated heterocycles. The summed E-state index contributed by atoms with van der Waals surface area (Å²) in [5.74, 6) is 0.189. The van der Waals surface area contributed by atoms with Crippen LogP contribution in [-0.4, -0.2) is 31.2 Å². The lowest BCUT2D eigenvalue weighted by molar-refractivity contribution is -0.126. The minimum absolute atomic E-state index is 0.0547. The van der Waals surface area contributed by atoms with E-state index in [0.717, 1.165) is 25.9 Å². The summed E-state index contributed by atoms with van der Waals surface area (Å²) in [7, 11) is 0. The quantitative estimate of drug-likeness (QED) is 0.696. The largest absolute Gasteiger partial charge is 0.381 e. The average molecular weight is 212 g/mol. The Morgan fingerprint density at radius 1 is 1.27 bits per heavy atom. The van der Waals surface area contributed by atoms with Crippen LogP contribution in [0.3, 0.4) is 0 Å². The van der Waals surface area contributed by atoms with E-state index in [1.807, 2.05) is 0 Å². The molecule has 0 aromatic rings. The number of hydrogen-bond acceptors (Lipinski definition) is 3. The average Bonchev–Trinajstić information content (AvgIpc) is 2.74. The third-order valence-corrected chi connectivity index (χ3v) is 3.45. The van der Waals surface area contributed by atoms with E-state index in [4.69, 9.17) is 10.5 Å². The maximum Gasteiger partial charge on any atom is 0.225 e. The van der Waals surface area contributed by atoms with Gasteiger partial charge in [-0.15, -0.1) is 0 Å². The molecule has 0 aromatic carbocycles. The summed E-state index contributed by atoms with van der Waals surface area (Å²) in [6.07, 6.45) is 5.29. The number of hydrogen-bond donors (Lipinski definition) is 2. The molecule has 4 nitrogen and oxygen atoms in total. The fourth-order valence-electron chi connectivity index (χ4n) is 2.38. The minimum atomic E-state index is 0.0547. The normalized spacial score (nSPS) is 36.5. The van der Waals surface area contributed by atoms with Crippen LogP contribution < -0.4 is 11.1 Å². The number of nitrogens with two attached hydrogens (primary N) is 1. The second kappa shape index (κ2) is 4.94. The molecule has 1 aliphatic carbocycles. The van der Waals surface area contributed by atoms with Crippen LogP contribution in [0.4, 0.5) is 0 Å². The number of nitrogens with one attached hydrogen (secondary N) is 1. The van der Waals surface area contributed by atoms with Crippen LogP contribution in [0.25, 0.3) is 0 Å². The van der Waals surface area contributed by atoms with Crippen LogP contribution in [0.1, 0.15) is 32.1 Å². The van der Waals surface area contributed by atoms with E-state index in [-0.39, 0.29) is 23.9 Å². The molecule has 2 fully saturated rings. The van der Waals surface area contributed by atoms with E-state index in [0.29, 0.717) is 6.61 Å². The topological polar surface area (TPSA) is 64.3 Å². The van der Waals surface area contributed by atoms with Gasteiger partial charge >= 0.3 is 0 Å². The highest BCUT2D eigenvalue weighted by molar-refractivity contribution is 5.79. The summed E-state index contributed by atoms with van der Waals surface area (Å²) in [6, 6.07) is 0.330. The molecule has 3 unspecified atom stereocenters. The van der Waals surface area contributed by atoms with Crippen molar-refractivity contribution in [3.63, 3.8) is 0 Å². The van der Waals surface area contributed by atoms with E-state index in [9.17, 15) is 4.79 Å². The lowest BCUT2D eigenvalue weighted by atomic mass is 9.90. The Morgan fingerprint density at radius 3 is 2.73 bits per heavy atom. The van der Waals surface area contributed by atoms with Gasteiger partial charge in [-0.1, -0.05) is 12.8 Å². The van der Waals surface area contributed by atoms with E-state index >= 15 is 0 Å². The molecule has 3 atom stereocenters. The molecular weight excluding hydrogens is 192 g/mol. The molecule has 1 amide bonds. The second-order valence-corrected chi connectivity index (χ2v) is 4.62. The number of amides is 1. The molecule has 0 bridgehead atoms. The van der Waals surface area contributed by atoms with Crippen LogP contribution >= 0.6 is 0 Å². The first-order valence-electron chi connectivity index (χ1n) is 5.91. The van der Waals surface area contributed by atoms with Gasteiger partial charge in [0.25, 0.3) is 0 Å². The Morgan fingerprint density at radius 2 is 2.07 bits per heavy atom. The molecule has 4 heteroatoms. The van der Waals surface area contributed by atoms with E-state index < -0.39 is 0 Å². The Kier molecular flexibility index (Phi) is 3.59. The maximum atomic E-state index is 11.8. The van der Waals surface area contributed by atoms with Gasteiger partial charge in [-0.2, -0.15) is 0 Å². The van der Waals surface area contributed by atoms with Crippen molar-refractivity contribution in [3.05, 3.63) is 0 Å². The summed E-state index contributed by atoms with van der Waals surface area (Å²) in [5.41, 5.74) is 5.98. The third-order valence-electron chi connectivity index (χ3n) is 3.45. The summed E-state index contributed by atoms with van der Waals surface area (Å²) in [4.78, 5) is 11.8. The Balaban J connectivity index is 1.81. The first kappa shape index (κ1) is 10.9. The van der Waals surface area contributed by atoms with E-state index in [1.54, 1.807) is 0 Å². The number of carbonyl (C=O) groups is 1. The van der Waals surface area contributed by atoms with Crippen LogP contribution in [-0.2, 0) is 9.53 Å². The SMILES string of the molecule is NC1CCCCC1NC(=O)C1CCOC1. The predicted octanol–water partition coefficient (Wildman–Crippen LogP) is 0.409. The van der Waals surface area contributed by atoms with Gasteiger partial charge in [0, 0.05) is 18.7 Å². The fourth-order valence-corrected chi connectivity index (χ4v) is 2.38. The monoisotopic (exact) mass is 212 g/mol. The van der Waals surface area contributed by atoms with Gasteiger partial charge in [0.15, 0.2) is 0 Å². The zero-order valence-corrected chi connectivity index (χ0v) is 9.08. The van der Waals surface area contributed by atoms with Crippen molar-refractivity contribution in [1.29, 1.82) is 0 Å². The fraction of sp³-hybridized carbons (Fsp3) is 0.909. The van der Waals surface area contributed by atoms with Gasteiger partial charge in [-0.05, 0) is 19.3 Å². The zero-order chi connectivity index (χ0) is 10.7. The highest BCUT2D eigenvalue weighted by Crippen LogP contribution is 2.18. The molecule has 0 spiro atoms. The minimum Gasteiger partial charge on any atom is -0.381 e. The van der Waals surface area contributed by atoms with Crippen molar-refractivity contribution in [1.82, 2.24) is 5.32 Å². The molecule has 2 aliphatic rings. The predicted molar refractivity (Wildman–Crippen MR) is 57.3 cm³/mol. The summed E-state index contributed by atoms with van der Waals surface area (Å²) in [6.45, 7) is 1.29.